The van der Waals surface area contributed by atoms with Gasteiger partial charge >= 0.3 is 0 Å². The van der Waals surface area contributed by atoms with Crippen LogP contribution in [0.1, 0.15) is 22.3 Å². The molecule has 0 saturated heterocycles. The maximum atomic E-state index is 12.5. The van der Waals surface area contributed by atoms with E-state index in [1.165, 1.54) is 0 Å². The molecule has 20 heavy (non-hydrogen) atoms. The predicted molar refractivity (Wildman–Crippen MR) is 84.3 cm³/mol. The van der Waals surface area contributed by atoms with Crippen molar-refractivity contribution in [2.45, 2.75) is 20.8 Å². The summed E-state index contributed by atoms with van der Waals surface area (Å²) in [5.41, 5.74) is 4.13. The molecule has 0 radical (unpaired) electrons. The molecule has 0 bridgehead atoms. The molecule has 0 aliphatic heterocycles. The predicted octanol–water partition coefficient (Wildman–Crippen LogP) is 2.73. The van der Waals surface area contributed by atoms with E-state index in [2.05, 4.69) is 0 Å². The van der Waals surface area contributed by atoms with Crippen LogP contribution in [0.4, 0.5) is 0 Å². The van der Waals surface area contributed by atoms with Gasteiger partial charge in [-0.05, 0) is 61.2 Å². The molecule has 0 atom stereocenters. The lowest BCUT2D eigenvalue weighted by atomic mass is 10.0. The smallest absolute Gasteiger partial charge is 0.119 e. The summed E-state index contributed by atoms with van der Waals surface area (Å²) in [7, 11) is 2.36. The molecular weight excluding hydrogens is 267 g/mol. The first-order chi connectivity index (χ1) is 9.52. The fourth-order valence-corrected chi connectivity index (χ4v) is 3.27. The van der Waals surface area contributed by atoms with Gasteiger partial charge in [-0.1, -0.05) is 26.4 Å². The minimum absolute atomic E-state index is 0.147. The van der Waals surface area contributed by atoms with Crippen LogP contribution >= 0.6 is 8.20 Å². The second-order valence-electron chi connectivity index (χ2n) is 4.84. The van der Waals surface area contributed by atoms with Gasteiger partial charge in [0.1, 0.15) is 5.75 Å². The number of methoxy groups -OCH3 is 1. The third-order valence-electron chi connectivity index (χ3n) is 3.32. The zero-order valence-corrected chi connectivity index (χ0v) is 13.1. The first-order valence-electron chi connectivity index (χ1n) is 6.50. The van der Waals surface area contributed by atoms with Gasteiger partial charge in [0.15, 0.2) is 0 Å². The van der Waals surface area contributed by atoms with Crippen molar-refractivity contribution in [2.75, 3.05) is 7.11 Å². The van der Waals surface area contributed by atoms with Gasteiger partial charge in [-0.2, -0.15) is 0 Å². The second kappa shape index (κ2) is 6.21. The number of ether oxygens (including phenoxy) is 1. The molecule has 0 aliphatic rings. The van der Waals surface area contributed by atoms with E-state index in [-0.39, 0.29) is 5.48 Å². The van der Waals surface area contributed by atoms with Crippen molar-refractivity contribution >= 4 is 19.0 Å². The zero-order valence-electron chi connectivity index (χ0n) is 12.2. The fourth-order valence-electron chi connectivity index (χ4n) is 2.20. The van der Waals surface area contributed by atoms with Gasteiger partial charge in [0, 0.05) is 5.30 Å². The lowest BCUT2D eigenvalue weighted by Gasteiger charge is -2.18. The first-order valence-corrected chi connectivity index (χ1v) is 7.39. The quantitative estimate of drug-likeness (QED) is 0.812. The lowest BCUT2D eigenvalue weighted by molar-refractivity contribution is -0.207. The summed E-state index contributed by atoms with van der Waals surface area (Å²) in [6.07, 6.45) is 0. The van der Waals surface area contributed by atoms with Crippen LogP contribution in [-0.4, -0.2) is 12.6 Å². The molecule has 104 valence electrons. The summed E-state index contributed by atoms with van der Waals surface area (Å²) in [6.45, 7) is 5.97. The highest BCUT2D eigenvalue weighted by atomic mass is 31.1. The summed E-state index contributed by atoms with van der Waals surface area (Å²) in [5.74, 6) is 0.820. The molecule has 0 unspecified atom stereocenters. The largest absolute Gasteiger partial charge is 0.823 e. The molecule has 2 aromatic rings. The van der Waals surface area contributed by atoms with Crippen molar-refractivity contribution in [3.63, 3.8) is 0 Å². The van der Waals surface area contributed by atoms with Gasteiger partial charge in [-0.25, -0.2) is 0 Å². The van der Waals surface area contributed by atoms with E-state index in [0.717, 1.165) is 33.3 Å². The highest BCUT2D eigenvalue weighted by Crippen LogP contribution is 2.19. The topological polar surface area (TPSA) is 32.3 Å². The number of aryl methyl sites for hydroxylation is 3. The Bertz CT molecular complexity index is 640. The molecule has 2 rings (SSSR count). The number of rotatable bonds is 3. The first kappa shape index (κ1) is 14.8. The van der Waals surface area contributed by atoms with Crippen molar-refractivity contribution in [1.29, 1.82) is 0 Å². The molecule has 0 saturated carbocycles. The average Bonchev–Trinajstić information content (AvgIpc) is 2.41. The Labute approximate surface area is 121 Å². The van der Waals surface area contributed by atoms with Gasteiger partial charge in [0.05, 0.1) is 7.11 Å². The number of hydrogen-bond acceptors (Lipinski definition) is 2. The van der Waals surface area contributed by atoms with Crippen LogP contribution < -0.4 is 15.1 Å². The standard InChI is InChI=1S/C17H19O2P/c1-11-6-5-7-12(2)16(11)17(18)20-15-9-8-14(19-4)10-13(15)3/h5-10,18H,1-4H3/p-1. The molecule has 0 aromatic heterocycles. The molecule has 0 spiro atoms. The van der Waals surface area contributed by atoms with Crippen molar-refractivity contribution < 1.29 is 9.84 Å². The average molecular weight is 285 g/mol. The molecule has 3 heteroatoms. The molecule has 0 amide bonds. The number of benzene rings is 2. The maximum absolute atomic E-state index is 12.5. The zero-order chi connectivity index (χ0) is 14.7. The summed E-state index contributed by atoms with van der Waals surface area (Å²) < 4.78 is 5.19. The van der Waals surface area contributed by atoms with Crippen LogP contribution in [-0.2, 0) is 0 Å². The van der Waals surface area contributed by atoms with E-state index in [0.29, 0.717) is 8.20 Å². The van der Waals surface area contributed by atoms with E-state index in [4.69, 9.17) is 4.74 Å². The lowest BCUT2D eigenvalue weighted by Crippen LogP contribution is -2.20. The van der Waals surface area contributed by atoms with Gasteiger partial charge in [-0.15, -0.1) is 5.48 Å². The molecule has 0 N–H and O–H groups in total. The fraction of sp³-hybridized carbons (Fsp3) is 0.235. The Kier molecular flexibility index (Phi) is 4.59. The molecular formula is C17H18O2P-. The number of hydrogen-bond donors (Lipinski definition) is 0. The van der Waals surface area contributed by atoms with E-state index in [1.54, 1.807) is 7.11 Å². The molecule has 0 fully saturated rings. The Hall–Kier alpha value is -1.63. The summed E-state index contributed by atoms with van der Waals surface area (Å²) in [5, 5.41) is 13.5. The van der Waals surface area contributed by atoms with Crippen LogP contribution in [0, 0.1) is 20.8 Å². The van der Waals surface area contributed by atoms with Crippen molar-refractivity contribution in [2.24, 2.45) is 0 Å². The second-order valence-corrected chi connectivity index (χ2v) is 5.95. The highest BCUT2D eigenvalue weighted by molar-refractivity contribution is 7.49. The SMILES string of the molecule is COc1ccc(P=C([O-])c2c(C)cccc2C)c(C)c1. The minimum atomic E-state index is 0.147. The van der Waals surface area contributed by atoms with Crippen molar-refractivity contribution in [1.82, 2.24) is 0 Å². The van der Waals surface area contributed by atoms with E-state index < -0.39 is 0 Å². The summed E-state index contributed by atoms with van der Waals surface area (Å²) in [4.78, 5) is 0. The van der Waals surface area contributed by atoms with Gasteiger partial charge < -0.3 is 9.84 Å². The third-order valence-corrected chi connectivity index (χ3v) is 4.49. The van der Waals surface area contributed by atoms with Crippen molar-refractivity contribution in [3.05, 3.63) is 58.7 Å². The van der Waals surface area contributed by atoms with E-state index >= 15 is 0 Å². The monoisotopic (exact) mass is 285 g/mol. The molecule has 2 nitrogen and oxygen atoms in total. The minimum Gasteiger partial charge on any atom is -0.823 e. The highest BCUT2D eigenvalue weighted by Gasteiger charge is 2.02. The summed E-state index contributed by atoms with van der Waals surface area (Å²) >= 11 is 0. The van der Waals surface area contributed by atoms with Crippen LogP contribution in [0.5, 0.6) is 5.75 Å². The Morgan fingerprint density at radius 1 is 1.00 bits per heavy atom. The molecule has 0 heterocycles. The Morgan fingerprint density at radius 2 is 1.65 bits per heavy atom. The van der Waals surface area contributed by atoms with Crippen LogP contribution in [0.3, 0.4) is 0 Å². The van der Waals surface area contributed by atoms with Crippen molar-refractivity contribution in [3.8, 4) is 5.75 Å². The third kappa shape index (κ3) is 3.09. The van der Waals surface area contributed by atoms with Crippen LogP contribution in [0.2, 0.25) is 0 Å². The Morgan fingerprint density at radius 3 is 2.20 bits per heavy atom. The van der Waals surface area contributed by atoms with Crippen LogP contribution in [0.15, 0.2) is 36.4 Å². The summed E-state index contributed by atoms with van der Waals surface area (Å²) in [6, 6.07) is 11.8. The molecule has 2 aromatic carbocycles. The van der Waals surface area contributed by atoms with Crippen LogP contribution in [0.25, 0.3) is 0 Å². The van der Waals surface area contributed by atoms with Gasteiger partial charge in [0.25, 0.3) is 0 Å². The van der Waals surface area contributed by atoms with Gasteiger partial charge in [0.2, 0.25) is 0 Å². The Balaban J connectivity index is 2.45. The normalized spacial score (nSPS) is 11.6. The molecule has 0 aliphatic carbocycles. The van der Waals surface area contributed by atoms with E-state index in [1.807, 2.05) is 57.2 Å². The van der Waals surface area contributed by atoms with Gasteiger partial charge in [-0.3, -0.25) is 0 Å². The van der Waals surface area contributed by atoms with E-state index in [9.17, 15) is 5.11 Å². The maximum Gasteiger partial charge on any atom is 0.119 e.